The minimum absolute atomic E-state index is 0.301. The molecule has 2 aromatic carbocycles. The zero-order chi connectivity index (χ0) is 16.4. The first-order valence-electron chi connectivity index (χ1n) is 7.43. The quantitative estimate of drug-likeness (QED) is 0.804. The predicted octanol–water partition coefficient (Wildman–Crippen LogP) is 3.10. The smallest absolute Gasteiger partial charge is 0.326 e. The minimum atomic E-state index is -1.04. The largest absolute Gasteiger partial charge is 0.480 e. The van der Waals surface area contributed by atoms with Crippen molar-refractivity contribution in [2.75, 3.05) is 0 Å². The van der Waals surface area contributed by atoms with Crippen LogP contribution in [0.15, 0.2) is 59.4 Å². The topological polar surface area (TPSA) is 72.2 Å². The Morgan fingerprint density at radius 3 is 2.43 bits per heavy atom. The maximum Gasteiger partial charge on any atom is 0.326 e. The van der Waals surface area contributed by atoms with Crippen LogP contribution in [0.25, 0.3) is 22.3 Å². The van der Waals surface area contributed by atoms with E-state index < -0.39 is 12.0 Å². The van der Waals surface area contributed by atoms with Crippen molar-refractivity contribution in [3.05, 3.63) is 65.0 Å². The molecule has 1 unspecified atom stereocenters. The van der Waals surface area contributed by atoms with E-state index in [9.17, 15) is 14.7 Å². The highest BCUT2D eigenvalue weighted by molar-refractivity contribution is 5.81. The molecular weight excluding hydrogens is 292 g/mol. The Labute approximate surface area is 132 Å². The van der Waals surface area contributed by atoms with Crippen molar-refractivity contribution in [3.8, 4) is 11.4 Å². The van der Waals surface area contributed by atoms with E-state index in [0.29, 0.717) is 23.1 Å². The van der Waals surface area contributed by atoms with Crippen LogP contribution in [-0.4, -0.2) is 20.6 Å². The van der Waals surface area contributed by atoms with Crippen LogP contribution in [0.4, 0.5) is 0 Å². The number of hydrogen-bond donors (Lipinski definition) is 1. The summed E-state index contributed by atoms with van der Waals surface area (Å²) in [5.41, 5.74) is 0.951. The van der Waals surface area contributed by atoms with Gasteiger partial charge in [0.05, 0.1) is 10.9 Å². The summed E-state index contributed by atoms with van der Waals surface area (Å²) >= 11 is 0. The highest BCUT2D eigenvalue weighted by Gasteiger charge is 2.24. The molecule has 0 saturated carbocycles. The monoisotopic (exact) mass is 308 g/mol. The molecule has 0 aliphatic rings. The fourth-order valence-electron chi connectivity index (χ4n) is 2.69. The maximum atomic E-state index is 12.9. The van der Waals surface area contributed by atoms with Crippen molar-refractivity contribution < 1.29 is 9.90 Å². The van der Waals surface area contributed by atoms with Crippen LogP contribution in [-0.2, 0) is 4.79 Å². The molecule has 0 saturated heterocycles. The molecule has 0 bridgehead atoms. The van der Waals surface area contributed by atoms with Gasteiger partial charge < -0.3 is 5.11 Å². The van der Waals surface area contributed by atoms with E-state index in [0.717, 1.165) is 5.56 Å². The van der Waals surface area contributed by atoms with Crippen LogP contribution in [0.1, 0.15) is 19.4 Å². The van der Waals surface area contributed by atoms with Gasteiger partial charge in [-0.05, 0) is 18.6 Å². The normalized spacial score (nSPS) is 12.2. The lowest BCUT2D eigenvalue weighted by Crippen LogP contribution is -2.31. The molecule has 0 radical (unpaired) electrons. The van der Waals surface area contributed by atoms with Crippen molar-refractivity contribution in [1.82, 2.24) is 9.55 Å². The number of aliphatic carboxylic acids is 1. The number of carboxylic acid groups (broad SMARTS) is 1. The summed E-state index contributed by atoms with van der Waals surface area (Å²) in [5, 5.41) is 9.93. The predicted molar refractivity (Wildman–Crippen MR) is 88.4 cm³/mol. The lowest BCUT2D eigenvalue weighted by atomic mass is 10.1. The summed E-state index contributed by atoms with van der Waals surface area (Å²) in [5.74, 6) is -0.660. The Morgan fingerprint density at radius 1 is 1.13 bits per heavy atom. The number of nitrogens with zero attached hydrogens (tertiary/aromatic N) is 2. The molecule has 5 nitrogen and oxygen atoms in total. The van der Waals surface area contributed by atoms with Crippen LogP contribution in [0, 0.1) is 0 Å². The second kappa shape index (κ2) is 6.04. The summed E-state index contributed by atoms with van der Waals surface area (Å²) in [6.45, 7) is 1.75. The summed E-state index contributed by atoms with van der Waals surface area (Å²) in [7, 11) is 0. The standard InChI is InChI=1S/C18H16N2O3/c1-2-15(18(22)23)20-16(12-8-4-3-5-9-12)19-14-11-7-6-10-13(14)17(20)21/h3-11,15H,2H2,1H3,(H,22,23). The molecular formula is C18H16N2O3. The molecule has 1 atom stereocenters. The maximum absolute atomic E-state index is 12.9. The summed E-state index contributed by atoms with van der Waals surface area (Å²) < 4.78 is 1.29. The lowest BCUT2D eigenvalue weighted by molar-refractivity contribution is -0.141. The Morgan fingerprint density at radius 2 is 1.78 bits per heavy atom. The van der Waals surface area contributed by atoms with E-state index in [1.165, 1.54) is 4.57 Å². The van der Waals surface area contributed by atoms with Crippen LogP contribution in [0.3, 0.4) is 0 Å². The second-order valence-corrected chi connectivity index (χ2v) is 5.26. The number of benzene rings is 2. The second-order valence-electron chi connectivity index (χ2n) is 5.26. The molecule has 23 heavy (non-hydrogen) atoms. The van der Waals surface area contributed by atoms with Gasteiger partial charge in [0, 0.05) is 5.56 Å². The first-order chi connectivity index (χ1) is 11.1. The van der Waals surface area contributed by atoms with Crippen molar-refractivity contribution in [3.63, 3.8) is 0 Å². The number of fused-ring (bicyclic) bond motifs is 1. The summed E-state index contributed by atoms with van der Waals surface area (Å²) in [6, 6.07) is 15.2. The van der Waals surface area contributed by atoms with Crippen molar-refractivity contribution >= 4 is 16.9 Å². The summed E-state index contributed by atoms with van der Waals surface area (Å²) in [4.78, 5) is 29.1. The Hall–Kier alpha value is -2.95. The van der Waals surface area contributed by atoms with E-state index in [-0.39, 0.29) is 5.56 Å². The van der Waals surface area contributed by atoms with E-state index in [1.807, 2.05) is 36.4 Å². The van der Waals surface area contributed by atoms with Crippen molar-refractivity contribution in [1.29, 1.82) is 0 Å². The Balaban J connectivity index is 2.41. The van der Waals surface area contributed by atoms with Gasteiger partial charge in [0.25, 0.3) is 5.56 Å². The molecule has 116 valence electrons. The molecule has 0 spiro atoms. The summed E-state index contributed by atoms with van der Waals surface area (Å²) in [6.07, 6.45) is 0.301. The van der Waals surface area contributed by atoms with Gasteiger partial charge in [-0.3, -0.25) is 9.36 Å². The zero-order valence-electron chi connectivity index (χ0n) is 12.6. The number of para-hydroxylation sites is 1. The molecule has 3 aromatic rings. The fraction of sp³-hybridized carbons (Fsp3) is 0.167. The van der Waals surface area contributed by atoms with Crippen LogP contribution >= 0.6 is 0 Å². The molecule has 0 fully saturated rings. The third kappa shape index (κ3) is 2.61. The molecule has 1 aromatic heterocycles. The van der Waals surface area contributed by atoms with Crippen LogP contribution < -0.4 is 5.56 Å². The van der Waals surface area contributed by atoms with Crippen LogP contribution in [0.5, 0.6) is 0 Å². The number of hydrogen-bond acceptors (Lipinski definition) is 3. The average molecular weight is 308 g/mol. The minimum Gasteiger partial charge on any atom is -0.480 e. The van der Waals surface area contributed by atoms with Gasteiger partial charge in [-0.2, -0.15) is 0 Å². The highest BCUT2D eigenvalue weighted by atomic mass is 16.4. The van der Waals surface area contributed by atoms with Crippen molar-refractivity contribution in [2.24, 2.45) is 0 Å². The third-order valence-electron chi connectivity index (χ3n) is 3.82. The van der Waals surface area contributed by atoms with E-state index >= 15 is 0 Å². The molecule has 0 aliphatic carbocycles. The number of carbonyl (C=O) groups is 1. The van der Waals surface area contributed by atoms with Gasteiger partial charge in [0.1, 0.15) is 11.9 Å². The Bertz CT molecular complexity index is 916. The van der Waals surface area contributed by atoms with Gasteiger partial charge >= 0.3 is 5.97 Å². The first kappa shape index (κ1) is 15.0. The first-order valence-corrected chi connectivity index (χ1v) is 7.43. The van der Waals surface area contributed by atoms with Gasteiger partial charge in [-0.1, -0.05) is 49.4 Å². The SMILES string of the molecule is CCC(C(=O)O)n1c(-c2ccccc2)nc2ccccc2c1=O. The molecule has 5 heteroatoms. The third-order valence-corrected chi connectivity index (χ3v) is 3.82. The Kier molecular flexibility index (Phi) is 3.93. The van der Waals surface area contributed by atoms with E-state index in [2.05, 4.69) is 4.98 Å². The van der Waals surface area contributed by atoms with E-state index in [1.54, 1.807) is 25.1 Å². The molecule has 1 N–H and O–H groups in total. The zero-order valence-corrected chi connectivity index (χ0v) is 12.6. The van der Waals surface area contributed by atoms with Crippen molar-refractivity contribution in [2.45, 2.75) is 19.4 Å². The van der Waals surface area contributed by atoms with Gasteiger partial charge in [0.2, 0.25) is 0 Å². The van der Waals surface area contributed by atoms with E-state index in [4.69, 9.17) is 0 Å². The average Bonchev–Trinajstić information content (AvgIpc) is 2.58. The lowest BCUT2D eigenvalue weighted by Gasteiger charge is -2.19. The number of aromatic nitrogens is 2. The highest BCUT2D eigenvalue weighted by Crippen LogP contribution is 2.23. The molecule has 1 heterocycles. The van der Waals surface area contributed by atoms with Gasteiger partial charge in [0.15, 0.2) is 0 Å². The number of carboxylic acids is 1. The molecule has 0 amide bonds. The fourth-order valence-corrected chi connectivity index (χ4v) is 2.69. The molecule has 3 rings (SSSR count). The number of rotatable bonds is 4. The molecule has 0 aliphatic heterocycles. The van der Waals surface area contributed by atoms with Gasteiger partial charge in [-0.15, -0.1) is 0 Å². The van der Waals surface area contributed by atoms with Crippen LogP contribution in [0.2, 0.25) is 0 Å². The van der Waals surface area contributed by atoms with Gasteiger partial charge in [-0.25, -0.2) is 9.78 Å².